The molecule has 0 saturated heterocycles. The zero-order valence-electron chi connectivity index (χ0n) is 16.2. The summed E-state index contributed by atoms with van der Waals surface area (Å²) in [6.07, 6.45) is 1.78. The van der Waals surface area contributed by atoms with E-state index in [1.807, 2.05) is 32.0 Å². The van der Waals surface area contributed by atoms with Gasteiger partial charge in [0.15, 0.2) is 17.5 Å². The maximum Gasteiger partial charge on any atom is 0.195 e. The third kappa shape index (κ3) is 6.12. The van der Waals surface area contributed by atoms with E-state index in [2.05, 4.69) is 29.5 Å². The number of hydrogen-bond donors (Lipinski definition) is 3. The van der Waals surface area contributed by atoms with Crippen LogP contribution in [0.15, 0.2) is 23.2 Å². The molecule has 0 aliphatic carbocycles. The van der Waals surface area contributed by atoms with Gasteiger partial charge in [-0.3, -0.25) is 4.99 Å². The van der Waals surface area contributed by atoms with Crippen LogP contribution in [0.25, 0.3) is 0 Å². The van der Waals surface area contributed by atoms with Crippen molar-refractivity contribution >= 4 is 11.6 Å². The number of nitrogens with zero attached hydrogens (tertiary/aromatic N) is 1. The van der Waals surface area contributed by atoms with Crippen LogP contribution in [0.1, 0.15) is 40.5 Å². The predicted octanol–water partition coefficient (Wildman–Crippen LogP) is 3.27. The first kappa shape index (κ1) is 21.1. The zero-order valence-corrected chi connectivity index (χ0v) is 16.2. The Hall–Kier alpha value is -1.95. The number of nitrogens with one attached hydrogen (secondary N) is 2. The quantitative estimate of drug-likeness (QED) is 0.446. The molecule has 0 aliphatic heterocycles. The number of ether oxygens (including phenoxy) is 2. The fourth-order valence-corrected chi connectivity index (χ4v) is 2.46. The van der Waals surface area contributed by atoms with Gasteiger partial charge < -0.3 is 25.2 Å². The number of methoxy groups -OCH3 is 1. The molecule has 3 N–H and O–H groups in total. The monoisotopic (exact) mass is 351 g/mol. The Bertz CT molecular complexity index is 534. The second kappa shape index (κ2) is 10.8. The summed E-state index contributed by atoms with van der Waals surface area (Å²) in [6, 6.07) is 5.69. The Morgan fingerprint density at radius 1 is 1.16 bits per heavy atom. The number of benzene rings is 1. The Balaban J connectivity index is 2.97. The Labute approximate surface area is 151 Å². The van der Waals surface area contributed by atoms with Crippen LogP contribution in [0.5, 0.6) is 11.5 Å². The molecule has 142 valence electrons. The smallest absolute Gasteiger partial charge is 0.195 e. The van der Waals surface area contributed by atoms with Crippen molar-refractivity contribution in [1.82, 2.24) is 5.32 Å². The van der Waals surface area contributed by atoms with Gasteiger partial charge in [0.2, 0.25) is 0 Å². The Kier molecular flexibility index (Phi) is 9.13. The van der Waals surface area contributed by atoms with Crippen molar-refractivity contribution in [1.29, 1.82) is 0 Å². The van der Waals surface area contributed by atoms with E-state index < -0.39 is 0 Å². The van der Waals surface area contributed by atoms with Crippen molar-refractivity contribution < 1.29 is 14.6 Å². The molecule has 0 aliphatic rings. The van der Waals surface area contributed by atoms with Crippen LogP contribution in [0.4, 0.5) is 5.69 Å². The van der Waals surface area contributed by atoms with Gasteiger partial charge in [-0.25, -0.2) is 0 Å². The molecule has 6 nitrogen and oxygen atoms in total. The van der Waals surface area contributed by atoms with Crippen molar-refractivity contribution in [3.63, 3.8) is 0 Å². The fourth-order valence-electron chi connectivity index (χ4n) is 2.46. The SMILES string of the molecule is CCNC(=NCC(CC)(CC)CO)Nc1ccc(OC)c(OCC)c1. The van der Waals surface area contributed by atoms with E-state index in [4.69, 9.17) is 9.47 Å². The lowest BCUT2D eigenvalue weighted by atomic mass is 9.83. The highest BCUT2D eigenvalue weighted by molar-refractivity contribution is 5.93. The third-order valence-corrected chi connectivity index (χ3v) is 4.48. The molecule has 0 radical (unpaired) electrons. The predicted molar refractivity (Wildman–Crippen MR) is 104 cm³/mol. The van der Waals surface area contributed by atoms with E-state index in [9.17, 15) is 5.11 Å². The fraction of sp³-hybridized carbons (Fsp3) is 0.632. The van der Waals surface area contributed by atoms with E-state index in [0.29, 0.717) is 30.6 Å². The van der Waals surface area contributed by atoms with Crippen molar-refractivity contribution in [3.8, 4) is 11.5 Å². The molecule has 0 spiro atoms. The van der Waals surface area contributed by atoms with Crippen molar-refractivity contribution in [2.45, 2.75) is 40.5 Å². The standard InChI is InChI=1S/C19H33N3O3/c1-6-19(7-2,14-23)13-21-18(20-8-3)22-15-10-11-16(24-5)17(12-15)25-9-4/h10-12,23H,6-9,13-14H2,1-5H3,(H2,20,21,22). The van der Waals surface area contributed by atoms with Gasteiger partial charge in [-0.15, -0.1) is 0 Å². The highest BCUT2D eigenvalue weighted by Crippen LogP contribution is 2.30. The minimum absolute atomic E-state index is 0.139. The molecule has 6 heteroatoms. The molecule has 0 saturated carbocycles. The van der Waals surface area contributed by atoms with E-state index in [-0.39, 0.29) is 12.0 Å². The molecular formula is C19H33N3O3. The lowest BCUT2D eigenvalue weighted by Crippen LogP contribution is -2.34. The summed E-state index contributed by atoms with van der Waals surface area (Å²) in [5, 5.41) is 16.3. The van der Waals surface area contributed by atoms with Gasteiger partial charge in [0.25, 0.3) is 0 Å². The molecule has 0 aromatic heterocycles. The summed E-state index contributed by atoms with van der Waals surface area (Å²) >= 11 is 0. The molecular weight excluding hydrogens is 318 g/mol. The Morgan fingerprint density at radius 3 is 2.40 bits per heavy atom. The number of aliphatic hydroxyl groups is 1. The minimum atomic E-state index is -0.168. The van der Waals surface area contributed by atoms with Gasteiger partial charge in [0, 0.05) is 23.7 Å². The summed E-state index contributed by atoms with van der Waals surface area (Å²) in [6.45, 7) is 10.2. The molecule has 0 amide bonds. The summed E-state index contributed by atoms with van der Waals surface area (Å²) in [4.78, 5) is 4.67. The molecule has 0 atom stereocenters. The average Bonchev–Trinajstić information content (AvgIpc) is 2.64. The van der Waals surface area contributed by atoms with Crippen molar-refractivity contribution in [2.24, 2.45) is 10.4 Å². The summed E-state index contributed by atoms with van der Waals surface area (Å²) in [7, 11) is 1.63. The molecule has 0 fully saturated rings. The summed E-state index contributed by atoms with van der Waals surface area (Å²) in [5.41, 5.74) is 0.699. The first-order valence-corrected chi connectivity index (χ1v) is 9.05. The molecule has 1 aromatic carbocycles. The average molecular weight is 351 g/mol. The highest BCUT2D eigenvalue weighted by Gasteiger charge is 2.25. The number of rotatable bonds is 10. The number of aliphatic imine (C=N–C) groups is 1. The van der Waals surface area contributed by atoms with Gasteiger partial charge in [0.1, 0.15) is 0 Å². The Morgan fingerprint density at radius 2 is 1.88 bits per heavy atom. The van der Waals surface area contributed by atoms with Crippen LogP contribution in [0.3, 0.4) is 0 Å². The van der Waals surface area contributed by atoms with Crippen LogP contribution in [0.2, 0.25) is 0 Å². The van der Waals surface area contributed by atoms with Gasteiger partial charge in [-0.2, -0.15) is 0 Å². The summed E-state index contributed by atoms with van der Waals surface area (Å²) in [5.74, 6) is 2.08. The normalized spacial score (nSPS) is 12.0. The molecule has 25 heavy (non-hydrogen) atoms. The van der Waals surface area contributed by atoms with Crippen LogP contribution < -0.4 is 20.1 Å². The van der Waals surface area contributed by atoms with Crippen molar-refractivity contribution in [2.75, 3.05) is 38.7 Å². The van der Waals surface area contributed by atoms with Crippen molar-refractivity contribution in [3.05, 3.63) is 18.2 Å². The molecule has 0 bridgehead atoms. The first-order chi connectivity index (χ1) is 12.1. The van der Waals surface area contributed by atoms with Crippen LogP contribution >= 0.6 is 0 Å². The molecule has 1 aromatic rings. The van der Waals surface area contributed by atoms with Gasteiger partial charge >= 0.3 is 0 Å². The topological polar surface area (TPSA) is 75.1 Å². The zero-order chi connectivity index (χ0) is 18.7. The molecule has 0 unspecified atom stereocenters. The van der Waals surface area contributed by atoms with E-state index in [0.717, 1.165) is 25.1 Å². The van der Waals surface area contributed by atoms with E-state index in [1.165, 1.54) is 0 Å². The molecule has 1 rings (SSSR count). The second-order valence-electron chi connectivity index (χ2n) is 5.98. The highest BCUT2D eigenvalue weighted by atomic mass is 16.5. The van der Waals surface area contributed by atoms with E-state index >= 15 is 0 Å². The molecule has 0 heterocycles. The van der Waals surface area contributed by atoms with Gasteiger partial charge in [-0.05, 0) is 38.8 Å². The number of guanidine groups is 1. The maximum absolute atomic E-state index is 9.72. The van der Waals surface area contributed by atoms with Crippen LogP contribution in [-0.4, -0.2) is 44.5 Å². The second-order valence-corrected chi connectivity index (χ2v) is 5.98. The third-order valence-electron chi connectivity index (χ3n) is 4.48. The van der Waals surface area contributed by atoms with Gasteiger partial charge in [0.05, 0.1) is 26.9 Å². The van der Waals surface area contributed by atoms with Gasteiger partial charge in [-0.1, -0.05) is 13.8 Å². The lowest BCUT2D eigenvalue weighted by molar-refractivity contribution is 0.123. The number of anilines is 1. The minimum Gasteiger partial charge on any atom is -0.493 e. The summed E-state index contributed by atoms with van der Waals surface area (Å²) < 4.78 is 10.9. The van der Waals surface area contributed by atoms with Crippen LogP contribution in [-0.2, 0) is 0 Å². The number of aliphatic hydroxyl groups excluding tert-OH is 1. The van der Waals surface area contributed by atoms with Crippen LogP contribution in [0, 0.1) is 5.41 Å². The number of hydrogen-bond acceptors (Lipinski definition) is 4. The maximum atomic E-state index is 9.72. The lowest BCUT2D eigenvalue weighted by Gasteiger charge is -2.27. The van der Waals surface area contributed by atoms with E-state index in [1.54, 1.807) is 7.11 Å². The first-order valence-electron chi connectivity index (χ1n) is 9.05. The largest absolute Gasteiger partial charge is 0.493 e.